The monoisotopic (exact) mass is 373 g/mol. The largest absolute Gasteiger partial charge is 0.375 e. The van der Waals surface area contributed by atoms with E-state index in [-0.39, 0.29) is 11.5 Å². The van der Waals surface area contributed by atoms with Gasteiger partial charge in [-0.2, -0.15) is 5.26 Å². The van der Waals surface area contributed by atoms with Crippen LogP contribution in [-0.2, 0) is 4.79 Å². The number of unbranched alkanes of at least 4 members (excludes halogenated alkanes) is 9. The number of nitrogens with zero attached hydrogens (tertiary/aromatic N) is 2. The average molecular weight is 374 g/mol. The van der Waals surface area contributed by atoms with E-state index in [9.17, 15) is 10.1 Å². The van der Waals surface area contributed by atoms with E-state index < -0.39 is 0 Å². The van der Waals surface area contributed by atoms with Crippen LogP contribution in [0.5, 0.6) is 0 Å². The van der Waals surface area contributed by atoms with Crippen LogP contribution in [0, 0.1) is 11.3 Å². The first-order valence-electron chi connectivity index (χ1n) is 11.1. The number of nitriles is 1. The summed E-state index contributed by atoms with van der Waals surface area (Å²) >= 11 is 0. The van der Waals surface area contributed by atoms with Gasteiger partial charge >= 0.3 is 0 Å². The molecule has 27 heavy (non-hydrogen) atoms. The lowest BCUT2D eigenvalue weighted by molar-refractivity contribution is -0.117. The van der Waals surface area contributed by atoms with E-state index >= 15 is 0 Å². The number of allylic oxidation sites excluding steroid dienone is 3. The first-order chi connectivity index (χ1) is 13.2. The van der Waals surface area contributed by atoms with E-state index in [0.29, 0.717) is 6.54 Å². The number of carbonyl (C=O) groups is 1. The van der Waals surface area contributed by atoms with Gasteiger partial charge in [-0.25, -0.2) is 0 Å². The van der Waals surface area contributed by atoms with Crippen LogP contribution in [-0.4, -0.2) is 30.4 Å². The second kappa shape index (κ2) is 15.3. The Morgan fingerprint density at radius 2 is 1.70 bits per heavy atom. The molecule has 4 nitrogen and oxygen atoms in total. The summed E-state index contributed by atoms with van der Waals surface area (Å²) in [5.74, 6) is -0.244. The molecule has 1 fully saturated rings. The Hall–Kier alpha value is -1.76. The van der Waals surface area contributed by atoms with Crippen molar-refractivity contribution in [2.24, 2.45) is 0 Å². The maximum Gasteiger partial charge on any atom is 0.261 e. The number of hydrogen-bond donors (Lipinski definition) is 1. The number of carbonyl (C=O) groups excluding carboxylic acids is 1. The molecule has 0 unspecified atom stereocenters. The molecule has 0 radical (unpaired) electrons. The van der Waals surface area contributed by atoms with Gasteiger partial charge in [0.2, 0.25) is 0 Å². The van der Waals surface area contributed by atoms with Crippen molar-refractivity contribution < 1.29 is 4.79 Å². The van der Waals surface area contributed by atoms with Gasteiger partial charge in [0.1, 0.15) is 11.6 Å². The van der Waals surface area contributed by atoms with Crippen molar-refractivity contribution in [2.75, 3.05) is 19.6 Å². The fourth-order valence-electron chi connectivity index (χ4n) is 3.56. The summed E-state index contributed by atoms with van der Waals surface area (Å²) in [5.41, 5.74) is 1.44. The van der Waals surface area contributed by atoms with Gasteiger partial charge in [0.25, 0.3) is 5.91 Å². The summed E-state index contributed by atoms with van der Waals surface area (Å²) in [7, 11) is 0. The molecular formula is C23H39N3O. The Morgan fingerprint density at radius 1 is 1.07 bits per heavy atom. The molecule has 1 amide bonds. The van der Waals surface area contributed by atoms with Crippen LogP contribution in [0.2, 0.25) is 0 Å². The van der Waals surface area contributed by atoms with Crippen molar-refractivity contribution in [3.63, 3.8) is 0 Å². The van der Waals surface area contributed by atoms with Crippen LogP contribution in [0.1, 0.15) is 90.9 Å². The number of likely N-dealkylation sites (tertiary alicyclic amines) is 1. The summed E-state index contributed by atoms with van der Waals surface area (Å²) in [6.45, 7) is 7.09. The SMILES string of the molecule is CCCCCCCCCCCCNC(=O)C(C#N)=C/C=C1\CCCN1CC. The van der Waals surface area contributed by atoms with Crippen LogP contribution in [0.15, 0.2) is 23.4 Å². The van der Waals surface area contributed by atoms with Crippen LogP contribution < -0.4 is 5.32 Å². The van der Waals surface area contributed by atoms with E-state index in [0.717, 1.165) is 38.8 Å². The number of hydrogen-bond acceptors (Lipinski definition) is 3. The van der Waals surface area contributed by atoms with Gasteiger partial charge in [0, 0.05) is 25.3 Å². The fourth-order valence-corrected chi connectivity index (χ4v) is 3.56. The minimum absolute atomic E-state index is 0.206. The smallest absolute Gasteiger partial charge is 0.261 e. The molecule has 0 saturated carbocycles. The summed E-state index contributed by atoms with van der Waals surface area (Å²) < 4.78 is 0. The molecule has 1 rings (SSSR count). The molecule has 0 aromatic carbocycles. The highest BCUT2D eigenvalue weighted by Gasteiger charge is 2.14. The predicted octanol–water partition coefficient (Wildman–Crippen LogP) is 5.47. The van der Waals surface area contributed by atoms with Gasteiger partial charge in [-0.1, -0.05) is 64.7 Å². The highest BCUT2D eigenvalue weighted by Crippen LogP contribution is 2.20. The minimum Gasteiger partial charge on any atom is -0.375 e. The van der Waals surface area contributed by atoms with Gasteiger partial charge in [0.05, 0.1) is 0 Å². The van der Waals surface area contributed by atoms with Crippen molar-refractivity contribution in [1.82, 2.24) is 10.2 Å². The van der Waals surface area contributed by atoms with E-state index in [2.05, 4.69) is 24.1 Å². The van der Waals surface area contributed by atoms with E-state index in [4.69, 9.17) is 0 Å². The first-order valence-corrected chi connectivity index (χ1v) is 11.1. The van der Waals surface area contributed by atoms with Crippen molar-refractivity contribution in [1.29, 1.82) is 5.26 Å². The second-order valence-electron chi connectivity index (χ2n) is 7.47. The van der Waals surface area contributed by atoms with Crippen LogP contribution in [0.3, 0.4) is 0 Å². The number of nitrogens with one attached hydrogen (secondary N) is 1. The lowest BCUT2D eigenvalue weighted by Crippen LogP contribution is -2.25. The molecule has 4 heteroatoms. The molecule has 1 saturated heterocycles. The van der Waals surface area contributed by atoms with Crippen LogP contribution >= 0.6 is 0 Å². The average Bonchev–Trinajstić information content (AvgIpc) is 3.14. The maximum atomic E-state index is 12.1. The van der Waals surface area contributed by atoms with Crippen LogP contribution in [0.4, 0.5) is 0 Å². The van der Waals surface area contributed by atoms with E-state index in [1.165, 1.54) is 57.1 Å². The molecule has 1 aliphatic heterocycles. The third-order valence-corrected chi connectivity index (χ3v) is 5.27. The summed E-state index contributed by atoms with van der Waals surface area (Å²) in [6, 6.07) is 2.03. The molecule has 152 valence electrons. The topological polar surface area (TPSA) is 56.1 Å². The Bertz CT molecular complexity index is 516. The van der Waals surface area contributed by atoms with Crippen LogP contribution in [0.25, 0.3) is 0 Å². The Kier molecular flexibility index (Phi) is 13.2. The molecule has 0 aliphatic carbocycles. The third-order valence-electron chi connectivity index (χ3n) is 5.27. The molecule has 0 aromatic heterocycles. The molecular weight excluding hydrogens is 334 g/mol. The molecule has 1 heterocycles. The second-order valence-corrected chi connectivity index (χ2v) is 7.47. The van der Waals surface area contributed by atoms with Crippen molar-refractivity contribution in [3.05, 3.63) is 23.4 Å². The Balaban J connectivity index is 2.15. The van der Waals surface area contributed by atoms with Gasteiger partial charge in [0.15, 0.2) is 0 Å². The number of rotatable bonds is 14. The number of amides is 1. The maximum absolute atomic E-state index is 12.1. The third kappa shape index (κ3) is 10.2. The van der Waals surface area contributed by atoms with Gasteiger partial charge in [-0.05, 0) is 38.3 Å². The molecule has 0 atom stereocenters. The summed E-state index contributed by atoms with van der Waals surface area (Å²) in [5, 5.41) is 12.1. The fraction of sp³-hybridized carbons (Fsp3) is 0.739. The summed E-state index contributed by atoms with van der Waals surface area (Å²) in [4.78, 5) is 14.4. The van der Waals surface area contributed by atoms with Crippen molar-refractivity contribution in [3.8, 4) is 6.07 Å². The highest BCUT2D eigenvalue weighted by atomic mass is 16.1. The van der Waals surface area contributed by atoms with Crippen molar-refractivity contribution >= 4 is 5.91 Å². The lowest BCUT2D eigenvalue weighted by atomic mass is 10.1. The van der Waals surface area contributed by atoms with E-state index in [1.54, 1.807) is 6.08 Å². The highest BCUT2D eigenvalue weighted by molar-refractivity contribution is 5.97. The zero-order valence-electron chi connectivity index (χ0n) is 17.6. The minimum atomic E-state index is -0.244. The normalized spacial score (nSPS) is 16.0. The zero-order chi connectivity index (χ0) is 19.7. The van der Waals surface area contributed by atoms with Gasteiger partial charge in [-0.3, -0.25) is 4.79 Å². The standard InChI is InChI=1S/C23H39N3O/c1-3-5-6-7-8-9-10-11-12-13-18-25-23(27)21(20-24)16-17-22-15-14-19-26(22)4-2/h16-17H,3-15,18-19H2,1-2H3,(H,25,27)/b21-16?,22-17+. The zero-order valence-corrected chi connectivity index (χ0v) is 17.6. The molecule has 0 aromatic rings. The molecule has 0 bridgehead atoms. The molecule has 1 aliphatic rings. The lowest BCUT2D eigenvalue weighted by Gasteiger charge is -2.16. The predicted molar refractivity (Wildman–Crippen MR) is 113 cm³/mol. The Morgan fingerprint density at radius 3 is 2.30 bits per heavy atom. The van der Waals surface area contributed by atoms with Gasteiger partial charge in [-0.15, -0.1) is 0 Å². The van der Waals surface area contributed by atoms with E-state index in [1.807, 2.05) is 12.1 Å². The molecule has 1 N–H and O–H groups in total. The first kappa shape index (κ1) is 23.3. The summed E-state index contributed by atoms with van der Waals surface area (Å²) in [6.07, 6.45) is 18.6. The quantitative estimate of drug-likeness (QED) is 0.249. The Labute approximate surface area is 166 Å². The van der Waals surface area contributed by atoms with Crippen molar-refractivity contribution in [2.45, 2.75) is 90.9 Å². The van der Waals surface area contributed by atoms with Gasteiger partial charge < -0.3 is 10.2 Å². The molecule has 0 spiro atoms.